The Bertz CT molecular complexity index is 708. The highest BCUT2D eigenvalue weighted by Crippen LogP contribution is 2.30. The quantitative estimate of drug-likeness (QED) is 0.672. The number of alkyl halides is 3. The van der Waals surface area contributed by atoms with Gasteiger partial charge < -0.3 is 5.73 Å². The van der Waals surface area contributed by atoms with Crippen molar-refractivity contribution in [3.05, 3.63) is 5.82 Å². The zero-order valence-corrected chi connectivity index (χ0v) is 9.12. The Kier molecular flexibility index (Phi) is 2.04. The fourth-order valence-electron chi connectivity index (χ4n) is 1.26. The summed E-state index contributed by atoms with van der Waals surface area (Å²) in [6, 6.07) is 0. The molecule has 0 saturated carbocycles. The van der Waals surface area contributed by atoms with Gasteiger partial charge in [0.1, 0.15) is 0 Å². The Labute approximate surface area is 99.7 Å². The second kappa shape index (κ2) is 3.38. The van der Waals surface area contributed by atoms with E-state index in [0.717, 1.165) is 11.3 Å². The fourth-order valence-corrected chi connectivity index (χ4v) is 2.04. The van der Waals surface area contributed by atoms with E-state index in [9.17, 15) is 13.2 Å². The highest BCUT2D eigenvalue weighted by Gasteiger charge is 2.38. The predicted molar refractivity (Wildman–Crippen MR) is 53.5 cm³/mol. The second-order valence-electron chi connectivity index (χ2n) is 3.17. The zero-order valence-electron chi connectivity index (χ0n) is 8.30. The average Bonchev–Trinajstić information content (AvgIpc) is 2.87. The minimum absolute atomic E-state index is 0.00676. The van der Waals surface area contributed by atoms with E-state index < -0.39 is 12.0 Å². The van der Waals surface area contributed by atoms with Gasteiger partial charge >= 0.3 is 6.18 Å². The third-order valence-corrected chi connectivity index (χ3v) is 2.86. The summed E-state index contributed by atoms with van der Waals surface area (Å²) in [7, 11) is 0. The van der Waals surface area contributed by atoms with Crippen LogP contribution < -0.4 is 5.73 Å². The SMILES string of the molecule is Nc1n[nH]c(-c2nn3c(C(F)(F)F)nnc3s2)n1. The van der Waals surface area contributed by atoms with Gasteiger partial charge in [-0.05, 0) is 0 Å². The monoisotopic (exact) mass is 276 g/mol. The molecular weight excluding hydrogens is 273 g/mol. The summed E-state index contributed by atoms with van der Waals surface area (Å²) in [6.45, 7) is 0. The average molecular weight is 276 g/mol. The minimum Gasteiger partial charge on any atom is -0.366 e. The number of nitrogens with one attached hydrogen (secondary N) is 1. The maximum absolute atomic E-state index is 12.6. The van der Waals surface area contributed by atoms with Crippen molar-refractivity contribution in [1.29, 1.82) is 0 Å². The number of H-pyrrole nitrogens is 1. The Morgan fingerprint density at radius 1 is 1.28 bits per heavy atom. The van der Waals surface area contributed by atoms with E-state index in [0.29, 0.717) is 4.52 Å². The molecule has 0 saturated heterocycles. The van der Waals surface area contributed by atoms with Gasteiger partial charge in [-0.15, -0.1) is 20.4 Å². The van der Waals surface area contributed by atoms with E-state index in [2.05, 4.69) is 30.5 Å². The van der Waals surface area contributed by atoms with Gasteiger partial charge in [0.05, 0.1) is 0 Å². The van der Waals surface area contributed by atoms with Crippen LogP contribution in [-0.4, -0.2) is 35.0 Å². The predicted octanol–water partition coefficient (Wildman–Crippen LogP) is 0.572. The molecule has 0 atom stereocenters. The first-order chi connectivity index (χ1) is 8.45. The van der Waals surface area contributed by atoms with Crippen molar-refractivity contribution in [2.24, 2.45) is 0 Å². The van der Waals surface area contributed by atoms with Crippen molar-refractivity contribution in [2.75, 3.05) is 5.73 Å². The van der Waals surface area contributed by atoms with Gasteiger partial charge in [-0.2, -0.15) is 22.7 Å². The van der Waals surface area contributed by atoms with Gasteiger partial charge in [0, 0.05) is 0 Å². The fraction of sp³-hybridized carbons (Fsp3) is 0.167. The molecule has 3 rings (SSSR count). The molecule has 18 heavy (non-hydrogen) atoms. The highest BCUT2D eigenvalue weighted by molar-refractivity contribution is 7.19. The lowest BCUT2D eigenvalue weighted by Gasteiger charge is -1.99. The molecule has 0 amide bonds. The second-order valence-corrected chi connectivity index (χ2v) is 4.12. The van der Waals surface area contributed by atoms with Crippen LogP contribution in [0.2, 0.25) is 0 Å². The number of hydrogen-bond acceptors (Lipinski definition) is 7. The summed E-state index contributed by atoms with van der Waals surface area (Å²) in [5.41, 5.74) is 5.29. The molecule has 3 aromatic rings. The van der Waals surface area contributed by atoms with E-state index >= 15 is 0 Å². The summed E-state index contributed by atoms with van der Waals surface area (Å²) in [4.78, 5) is 3.77. The number of halogens is 3. The summed E-state index contributed by atoms with van der Waals surface area (Å²) >= 11 is 0.890. The van der Waals surface area contributed by atoms with Crippen LogP contribution in [0.1, 0.15) is 5.82 Å². The molecule has 3 heterocycles. The lowest BCUT2D eigenvalue weighted by atomic mass is 10.6. The number of anilines is 1. The molecule has 0 spiro atoms. The van der Waals surface area contributed by atoms with Crippen LogP contribution in [0.5, 0.6) is 0 Å². The Hall–Kier alpha value is -2.24. The molecule has 0 fully saturated rings. The molecule has 94 valence electrons. The number of fused-ring (bicyclic) bond motifs is 1. The number of aromatic nitrogens is 7. The number of hydrogen-bond donors (Lipinski definition) is 2. The number of aromatic amines is 1. The summed E-state index contributed by atoms with van der Waals surface area (Å²) in [5, 5.41) is 16.3. The van der Waals surface area contributed by atoms with Gasteiger partial charge in [-0.1, -0.05) is 11.3 Å². The summed E-state index contributed by atoms with van der Waals surface area (Å²) < 4.78 is 38.3. The maximum atomic E-state index is 12.6. The molecule has 8 nitrogen and oxygen atoms in total. The number of nitrogen functional groups attached to an aromatic ring is 1. The molecule has 0 aromatic carbocycles. The maximum Gasteiger partial charge on any atom is 0.453 e. The molecule has 3 aromatic heterocycles. The topological polar surface area (TPSA) is 111 Å². The number of nitrogens with two attached hydrogens (primary N) is 1. The third kappa shape index (κ3) is 1.57. The Morgan fingerprint density at radius 3 is 2.67 bits per heavy atom. The van der Waals surface area contributed by atoms with Crippen LogP contribution in [0.4, 0.5) is 19.1 Å². The van der Waals surface area contributed by atoms with E-state index in [1.165, 1.54) is 0 Å². The molecule has 0 unspecified atom stereocenters. The van der Waals surface area contributed by atoms with Crippen LogP contribution in [0.25, 0.3) is 15.8 Å². The van der Waals surface area contributed by atoms with Gasteiger partial charge in [-0.25, -0.2) is 0 Å². The largest absolute Gasteiger partial charge is 0.453 e. The van der Waals surface area contributed by atoms with Gasteiger partial charge in [-0.3, -0.25) is 5.10 Å². The van der Waals surface area contributed by atoms with Crippen molar-refractivity contribution in [1.82, 2.24) is 35.0 Å². The first-order valence-corrected chi connectivity index (χ1v) is 5.24. The zero-order chi connectivity index (χ0) is 12.9. The Morgan fingerprint density at radius 2 is 2.06 bits per heavy atom. The Balaban J connectivity index is 2.15. The van der Waals surface area contributed by atoms with Crippen molar-refractivity contribution in [3.8, 4) is 10.8 Å². The smallest absolute Gasteiger partial charge is 0.366 e. The first-order valence-electron chi connectivity index (χ1n) is 4.43. The third-order valence-electron chi connectivity index (χ3n) is 1.95. The summed E-state index contributed by atoms with van der Waals surface area (Å²) in [5.74, 6) is -1.03. The molecular formula is C6H3F3N8S. The van der Waals surface area contributed by atoms with Gasteiger partial charge in [0.2, 0.25) is 10.9 Å². The van der Waals surface area contributed by atoms with Gasteiger partial charge in [0.25, 0.3) is 5.82 Å². The van der Waals surface area contributed by atoms with Crippen molar-refractivity contribution in [3.63, 3.8) is 0 Å². The normalized spacial score (nSPS) is 12.4. The lowest BCUT2D eigenvalue weighted by molar-refractivity contribution is -0.146. The van der Waals surface area contributed by atoms with E-state index in [1.54, 1.807) is 0 Å². The number of rotatable bonds is 1. The van der Waals surface area contributed by atoms with Crippen LogP contribution >= 0.6 is 11.3 Å². The van der Waals surface area contributed by atoms with Crippen LogP contribution in [0.15, 0.2) is 0 Å². The van der Waals surface area contributed by atoms with E-state index in [1.807, 2.05) is 0 Å². The molecule has 0 bridgehead atoms. The van der Waals surface area contributed by atoms with Crippen LogP contribution in [0.3, 0.4) is 0 Å². The van der Waals surface area contributed by atoms with Crippen molar-refractivity contribution >= 4 is 22.2 Å². The van der Waals surface area contributed by atoms with Crippen molar-refractivity contribution < 1.29 is 13.2 Å². The van der Waals surface area contributed by atoms with E-state index in [-0.39, 0.29) is 21.7 Å². The first kappa shape index (κ1) is 10.9. The summed E-state index contributed by atoms with van der Waals surface area (Å²) in [6.07, 6.45) is -4.62. The molecule has 0 aliphatic carbocycles. The van der Waals surface area contributed by atoms with E-state index in [4.69, 9.17) is 5.73 Å². The lowest BCUT2D eigenvalue weighted by Crippen LogP contribution is -2.11. The molecule has 0 aliphatic heterocycles. The highest BCUT2D eigenvalue weighted by atomic mass is 32.1. The molecule has 12 heteroatoms. The van der Waals surface area contributed by atoms with Crippen molar-refractivity contribution in [2.45, 2.75) is 6.18 Å². The van der Waals surface area contributed by atoms with Crippen LogP contribution in [-0.2, 0) is 6.18 Å². The molecule has 0 aliphatic rings. The van der Waals surface area contributed by atoms with Gasteiger partial charge in [0.15, 0.2) is 10.8 Å². The standard InChI is InChI=1S/C6H3F3N8S/c7-6(8,9)3-13-15-5-17(3)16-2(18-5)1-11-4(10)14-12-1/h(H3,10,11,12,14). The molecule has 0 radical (unpaired) electrons. The molecule has 3 N–H and O–H groups in total. The van der Waals surface area contributed by atoms with Crippen LogP contribution in [0, 0.1) is 0 Å². The number of nitrogens with zero attached hydrogens (tertiary/aromatic N) is 6. The minimum atomic E-state index is -4.62.